The van der Waals surface area contributed by atoms with E-state index in [4.69, 9.17) is 5.11 Å². The summed E-state index contributed by atoms with van der Waals surface area (Å²) in [5.74, 6) is -1.58. The number of anilines is 1. The molecule has 0 unspecified atom stereocenters. The van der Waals surface area contributed by atoms with E-state index < -0.39 is 12.1 Å². The lowest BCUT2D eigenvalue weighted by Crippen LogP contribution is -2.34. The van der Waals surface area contributed by atoms with Gasteiger partial charge in [-0.25, -0.2) is 0 Å². The number of aliphatic hydroxyl groups excluding tert-OH is 1. The fraction of sp³-hybridized carbons (Fsp3) is 0.562. The van der Waals surface area contributed by atoms with Gasteiger partial charge in [-0.1, -0.05) is 12.5 Å². The number of alkyl halides is 3. The van der Waals surface area contributed by atoms with Gasteiger partial charge in [0.05, 0.1) is 12.5 Å². The van der Waals surface area contributed by atoms with E-state index in [2.05, 4.69) is 10.6 Å². The number of nitrogens with one attached hydrogen (secondary N) is 2. The summed E-state index contributed by atoms with van der Waals surface area (Å²) in [5.41, 5.74) is 1.04. The third-order valence-corrected chi connectivity index (χ3v) is 4.03. The second kappa shape index (κ2) is 7.68. The average Bonchev–Trinajstić information content (AvgIpc) is 2.52. The van der Waals surface area contributed by atoms with E-state index in [1.54, 1.807) is 24.3 Å². The predicted octanol–water partition coefficient (Wildman–Crippen LogP) is 2.94. The smallest absolute Gasteiger partial charge is 0.391 e. The maximum atomic E-state index is 12.8. The molecule has 2 rings (SSSR count). The van der Waals surface area contributed by atoms with E-state index in [0.29, 0.717) is 24.1 Å². The first-order valence-corrected chi connectivity index (χ1v) is 7.72. The number of hydrogen-bond donors (Lipinski definition) is 3. The third-order valence-electron chi connectivity index (χ3n) is 4.03. The molecule has 4 nitrogen and oxygen atoms in total. The Kier molecular flexibility index (Phi) is 5.87. The normalized spacial score (nSPS) is 21.7. The first kappa shape index (κ1) is 17.6. The van der Waals surface area contributed by atoms with E-state index in [1.807, 2.05) is 0 Å². The second-order valence-electron chi connectivity index (χ2n) is 5.81. The molecule has 0 saturated heterocycles. The summed E-state index contributed by atoms with van der Waals surface area (Å²) in [6, 6.07) is 6.41. The van der Waals surface area contributed by atoms with Crippen LogP contribution in [0.3, 0.4) is 0 Å². The number of carbonyl (C=O) groups is 1. The van der Waals surface area contributed by atoms with Crippen LogP contribution in [-0.2, 0) is 0 Å². The maximum Gasteiger partial charge on any atom is 0.391 e. The van der Waals surface area contributed by atoms with Crippen molar-refractivity contribution in [3.8, 4) is 0 Å². The van der Waals surface area contributed by atoms with Crippen LogP contribution >= 0.6 is 0 Å². The van der Waals surface area contributed by atoms with Crippen LogP contribution in [0.2, 0.25) is 0 Å². The highest BCUT2D eigenvalue weighted by Gasteiger charge is 2.42. The molecule has 0 aromatic heterocycles. The van der Waals surface area contributed by atoms with Gasteiger partial charge in [0, 0.05) is 23.8 Å². The lowest BCUT2D eigenvalue weighted by molar-refractivity contribution is -0.182. The average molecular weight is 330 g/mol. The van der Waals surface area contributed by atoms with Crippen LogP contribution in [-0.4, -0.2) is 36.4 Å². The van der Waals surface area contributed by atoms with Gasteiger partial charge in [0.1, 0.15) is 0 Å². The lowest BCUT2D eigenvalue weighted by Gasteiger charge is -2.31. The Balaban J connectivity index is 1.98. The molecule has 1 aliphatic carbocycles. The van der Waals surface area contributed by atoms with Crippen LogP contribution in [0.25, 0.3) is 0 Å². The van der Waals surface area contributed by atoms with Gasteiger partial charge in [0.2, 0.25) is 0 Å². The van der Waals surface area contributed by atoms with Crippen molar-refractivity contribution in [1.29, 1.82) is 0 Å². The minimum atomic E-state index is -4.15. The van der Waals surface area contributed by atoms with Gasteiger partial charge in [0.15, 0.2) is 0 Å². The second-order valence-corrected chi connectivity index (χ2v) is 5.81. The lowest BCUT2D eigenvalue weighted by atomic mass is 9.85. The molecule has 1 amide bonds. The number of carbonyl (C=O) groups excluding carboxylic acids is 1. The third kappa shape index (κ3) is 5.13. The number of hydrogen-bond acceptors (Lipinski definition) is 3. The molecule has 0 aliphatic heterocycles. The predicted molar refractivity (Wildman–Crippen MR) is 81.3 cm³/mol. The summed E-state index contributed by atoms with van der Waals surface area (Å²) < 4.78 is 38.5. The SMILES string of the molecule is O=C(NCCO)c1cccc(N[C@H]2CCC[C@H](C(F)(F)F)C2)c1. The van der Waals surface area contributed by atoms with Gasteiger partial charge >= 0.3 is 6.18 Å². The Morgan fingerprint density at radius 3 is 2.78 bits per heavy atom. The zero-order valence-corrected chi connectivity index (χ0v) is 12.7. The van der Waals surface area contributed by atoms with E-state index in [0.717, 1.165) is 0 Å². The number of aliphatic hydroxyl groups is 1. The molecule has 1 aromatic carbocycles. The molecule has 1 saturated carbocycles. The summed E-state index contributed by atoms with van der Waals surface area (Å²) in [7, 11) is 0. The van der Waals surface area contributed by atoms with Crippen molar-refractivity contribution in [1.82, 2.24) is 5.32 Å². The fourth-order valence-electron chi connectivity index (χ4n) is 2.88. The topological polar surface area (TPSA) is 61.4 Å². The molecule has 2 atom stereocenters. The van der Waals surface area contributed by atoms with Crippen molar-refractivity contribution < 1.29 is 23.1 Å². The Morgan fingerprint density at radius 1 is 1.30 bits per heavy atom. The summed E-state index contributed by atoms with van der Waals surface area (Å²) in [5, 5.41) is 14.4. The highest BCUT2D eigenvalue weighted by molar-refractivity contribution is 5.95. The first-order valence-electron chi connectivity index (χ1n) is 7.72. The van der Waals surface area contributed by atoms with Crippen molar-refractivity contribution in [2.45, 2.75) is 37.9 Å². The minimum absolute atomic E-state index is 0.0600. The summed E-state index contributed by atoms with van der Waals surface area (Å²) >= 11 is 0. The number of benzene rings is 1. The Bertz CT molecular complexity index is 534. The number of halogens is 3. The molecule has 128 valence electrons. The van der Waals surface area contributed by atoms with Gasteiger partial charge in [0.25, 0.3) is 5.91 Å². The van der Waals surface area contributed by atoms with Crippen molar-refractivity contribution in [2.75, 3.05) is 18.5 Å². The van der Waals surface area contributed by atoms with Crippen LogP contribution in [0, 0.1) is 5.92 Å². The molecule has 23 heavy (non-hydrogen) atoms. The summed E-state index contributed by atoms with van der Waals surface area (Å²) in [6.45, 7) is 0.0109. The largest absolute Gasteiger partial charge is 0.395 e. The van der Waals surface area contributed by atoms with E-state index in [-0.39, 0.29) is 37.9 Å². The van der Waals surface area contributed by atoms with Crippen molar-refractivity contribution in [2.24, 2.45) is 5.92 Å². The van der Waals surface area contributed by atoms with Gasteiger partial charge in [-0.2, -0.15) is 13.2 Å². The standard InChI is InChI=1S/C16H21F3N2O2/c17-16(18,19)12-4-2-6-14(10-12)21-13-5-1-3-11(9-13)15(23)20-7-8-22/h1,3,5,9,12,14,21-22H,2,4,6-8,10H2,(H,20,23)/t12-,14-/m0/s1. The van der Waals surface area contributed by atoms with Crippen LogP contribution in [0.4, 0.5) is 18.9 Å². The van der Waals surface area contributed by atoms with Gasteiger partial charge in [-0.3, -0.25) is 4.79 Å². The molecule has 0 radical (unpaired) electrons. The zero-order chi connectivity index (χ0) is 16.9. The van der Waals surface area contributed by atoms with Gasteiger partial charge in [-0.15, -0.1) is 0 Å². The number of amides is 1. The van der Waals surface area contributed by atoms with Crippen molar-refractivity contribution in [3.05, 3.63) is 29.8 Å². The fourth-order valence-corrected chi connectivity index (χ4v) is 2.88. The monoisotopic (exact) mass is 330 g/mol. The Hall–Kier alpha value is -1.76. The molecular formula is C16H21F3N2O2. The molecule has 3 N–H and O–H groups in total. The van der Waals surface area contributed by atoms with E-state index in [1.165, 1.54) is 0 Å². The molecule has 0 heterocycles. The molecule has 0 spiro atoms. The maximum absolute atomic E-state index is 12.8. The molecular weight excluding hydrogens is 309 g/mol. The van der Waals surface area contributed by atoms with Crippen LogP contribution in [0.1, 0.15) is 36.0 Å². The highest BCUT2D eigenvalue weighted by Crippen LogP contribution is 2.38. The number of rotatable bonds is 5. The molecule has 1 aromatic rings. The minimum Gasteiger partial charge on any atom is -0.395 e. The van der Waals surface area contributed by atoms with E-state index >= 15 is 0 Å². The van der Waals surface area contributed by atoms with Gasteiger partial charge in [-0.05, 0) is 37.5 Å². The van der Waals surface area contributed by atoms with E-state index in [9.17, 15) is 18.0 Å². The summed E-state index contributed by atoms with van der Waals surface area (Å²) in [4.78, 5) is 11.8. The molecule has 1 aliphatic rings. The quantitative estimate of drug-likeness (QED) is 0.778. The van der Waals surface area contributed by atoms with Crippen LogP contribution in [0.15, 0.2) is 24.3 Å². The van der Waals surface area contributed by atoms with Gasteiger partial charge < -0.3 is 15.7 Å². The Labute approximate surface area is 133 Å². The van der Waals surface area contributed by atoms with Crippen LogP contribution in [0.5, 0.6) is 0 Å². The van der Waals surface area contributed by atoms with Crippen LogP contribution < -0.4 is 10.6 Å². The highest BCUT2D eigenvalue weighted by atomic mass is 19.4. The molecule has 1 fully saturated rings. The first-order chi connectivity index (χ1) is 10.9. The zero-order valence-electron chi connectivity index (χ0n) is 12.7. The summed E-state index contributed by atoms with van der Waals surface area (Å²) in [6.07, 6.45) is -2.67. The van der Waals surface area contributed by atoms with Crippen molar-refractivity contribution >= 4 is 11.6 Å². The molecule has 0 bridgehead atoms. The Morgan fingerprint density at radius 2 is 2.09 bits per heavy atom. The van der Waals surface area contributed by atoms with Crippen molar-refractivity contribution in [3.63, 3.8) is 0 Å². The molecule has 7 heteroatoms.